The minimum Gasteiger partial charge on any atom is -0.490 e. The molecule has 0 saturated carbocycles. The maximum absolute atomic E-state index is 11.1. The number of carbonyl (C=O) groups is 1. The van der Waals surface area contributed by atoms with Crippen LogP contribution in [0, 0.1) is 0 Å². The second kappa shape index (κ2) is 5.46. The molecule has 0 bridgehead atoms. The van der Waals surface area contributed by atoms with E-state index in [1.165, 1.54) is 6.20 Å². The van der Waals surface area contributed by atoms with Crippen molar-refractivity contribution < 1.29 is 19.4 Å². The van der Waals surface area contributed by atoms with Gasteiger partial charge in [-0.25, -0.2) is 4.79 Å². The molecule has 0 amide bonds. The molecule has 94 valence electrons. The third-order valence-electron chi connectivity index (χ3n) is 2.49. The Morgan fingerprint density at radius 3 is 2.83 bits per heavy atom. The highest BCUT2D eigenvalue weighted by atomic mass is 16.5. The predicted octanol–water partition coefficient (Wildman–Crippen LogP) is 1.96. The zero-order valence-corrected chi connectivity index (χ0v) is 9.92. The molecule has 1 heterocycles. The number of benzene rings is 1. The van der Waals surface area contributed by atoms with Crippen molar-refractivity contribution in [2.45, 2.75) is 0 Å². The summed E-state index contributed by atoms with van der Waals surface area (Å²) in [6.07, 6.45) is 1.31. The van der Waals surface area contributed by atoms with E-state index in [2.05, 4.69) is 4.98 Å². The first-order valence-electron chi connectivity index (χ1n) is 5.47. The zero-order chi connectivity index (χ0) is 13.0. The van der Waals surface area contributed by atoms with E-state index in [9.17, 15) is 4.79 Å². The highest BCUT2D eigenvalue weighted by molar-refractivity contribution is 5.98. The quantitative estimate of drug-likeness (QED) is 0.818. The molecule has 5 heteroatoms. The van der Waals surface area contributed by atoms with Crippen LogP contribution in [0.2, 0.25) is 0 Å². The largest absolute Gasteiger partial charge is 0.490 e. The van der Waals surface area contributed by atoms with E-state index < -0.39 is 5.97 Å². The Morgan fingerprint density at radius 2 is 2.11 bits per heavy atom. The van der Waals surface area contributed by atoms with Crippen molar-refractivity contribution in [3.05, 3.63) is 36.0 Å². The minimum atomic E-state index is -1.05. The van der Waals surface area contributed by atoms with Gasteiger partial charge in [-0.2, -0.15) is 0 Å². The predicted molar refractivity (Wildman–Crippen MR) is 66.1 cm³/mol. The molecule has 1 aromatic carbocycles. The number of rotatable bonds is 5. The summed E-state index contributed by atoms with van der Waals surface area (Å²) >= 11 is 0. The molecule has 5 nitrogen and oxygen atoms in total. The Morgan fingerprint density at radius 1 is 1.33 bits per heavy atom. The van der Waals surface area contributed by atoms with E-state index in [1.54, 1.807) is 13.2 Å². The Labute approximate surface area is 104 Å². The Hall–Kier alpha value is -2.14. The van der Waals surface area contributed by atoms with Gasteiger partial charge in [-0.05, 0) is 12.1 Å². The SMILES string of the molecule is COCCOc1c(C(=O)O)cnc2ccccc12. The van der Waals surface area contributed by atoms with E-state index >= 15 is 0 Å². The molecule has 0 fully saturated rings. The molecule has 18 heavy (non-hydrogen) atoms. The summed E-state index contributed by atoms with van der Waals surface area (Å²) in [5.41, 5.74) is 0.764. The molecule has 0 unspecified atom stereocenters. The van der Waals surface area contributed by atoms with Gasteiger partial charge in [-0.1, -0.05) is 12.1 Å². The third-order valence-corrected chi connectivity index (χ3v) is 2.49. The van der Waals surface area contributed by atoms with E-state index in [1.807, 2.05) is 18.2 Å². The van der Waals surface area contributed by atoms with Gasteiger partial charge in [0.1, 0.15) is 17.9 Å². The molecule has 2 rings (SSSR count). The molecule has 1 N–H and O–H groups in total. The number of aromatic nitrogens is 1. The topological polar surface area (TPSA) is 68.7 Å². The molecule has 0 aliphatic carbocycles. The van der Waals surface area contributed by atoms with Crippen molar-refractivity contribution in [2.75, 3.05) is 20.3 Å². The number of methoxy groups -OCH3 is 1. The average Bonchev–Trinajstić information content (AvgIpc) is 2.38. The highest BCUT2D eigenvalue weighted by Gasteiger charge is 2.15. The lowest BCUT2D eigenvalue weighted by Gasteiger charge is -2.11. The number of hydrogen-bond donors (Lipinski definition) is 1. The van der Waals surface area contributed by atoms with Crippen molar-refractivity contribution in [3.8, 4) is 5.75 Å². The van der Waals surface area contributed by atoms with Gasteiger partial charge in [-0.15, -0.1) is 0 Å². The highest BCUT2D eigenvalue weighted by Crippen LogP contribution is 2.28. The van der Waals surface area contributed by atoms with Crippen LogP contribution in [-0.4, -0.2) is 36.4 Å². The fourth-order valence-electron chi connectivity index (χ4n) is 1.65. The van der Waals surface area contributed by atoms with Crippen molar-refractivity contribution in [3.63, 3.8) is 0 Å². The zero-order valence-electron chi connectivity index (χ0n) is 9.92. The summed E-state index contributed by atoms with van der Waals surface area (Å²) in [5, 5.41) is 9.82. The standard InChI is InChI=1S/C13H13NO4/c1-17-6-7-18-12-9-4-2-3-5-11(9)14-8-10(12)13(15)16/h2-5,8H,6-7H2,1H3,(H,15,16). The van der Waals surface area contributed by atoms with Crippen LogP contribution in [0.5, 0.6) is 5.75 Å². The summed E-state index contributed by atoms with van der Waals surface area (Å²) in [6, 6.07) is 7.26. The Kier molecular flexibility index (Phi) is 3.74. The van der Waals surface area contributed by atoms with Crippen LogP contribution in [0.1, 0.15) is 10.4 Å². The smallest absolute Gasteiger partial charge is 0.341 e. The van der Waals surface area contributed by atoms with Gasteiger partial charge in [0, 0.05) is 18.7 Å². The maximum atomic E-state index is 11.1. The van der Waals surface area contributed by atoms with Gasteiger partial charge < -0.3 is 14.6 Å². The first kappa shape index (κ1) is 12.3. The van der Waals surface area contributed by atoms with Crippen LogP contribution in [0.25, 0.3) is 10.9 Å². The normalized spacial score (nSPS) is 10.5. The molecule has 0 aliphatic heterocycles. The molecule has 0 atom stereocenters. The van der Waals surface area contributed by atoms with E-state index in [0.717, 1.165) is 0 Å². The molecule has 0 saturated heterocycles. The molecule has 0 spiro atoms. The monoisotopic (exact) mass is 247 g/mol. The van der Waals surface area contributed by atoms with Crippen molar-refractivity contribution >= 4 is 16.9 Å². The number of nitrogens with zero attached hydrogens (tertiary/aromatic N) is 1. The van der Waals surface area contributed by atoms with Crippen LogP contribution in [0.15, 0.2) is 30.5 Å². The van der Waals surface area contributed by atoms with Gasteiger partial charge in [0.15, 0.2) is 0 Å². The summed E-state index contributed by atoms with van der Waals surface area (Å²) < 4.78 is 10.4. The lowest BCUT2D eigenvalue weighted by atomic mass is 10.1. The van der Waals surface area contributed by atoms with Gasteiger partial charge >= 0.3 is 5.97 Å². The number of carboxylic acids is 1. The summed E-state index contributed by atoms with van der Waals surface area (Å²) in [7, 11) is 1.56. The summed E-state index contributed by atoms with van der Waals surface area (Å²) in [4.78, 5) is 15.2. The second-order valence-electron chi connectivity index (χ2n) is 3.66. The fourth-order valence-corrected chi connectivity index (χ4v) is 1.65. The van der Waals surface area contributed by atoms with Gasteiger partial charge in [0.2, 0.25) is 0 Å². The number of hydrogen-bond acceptors (Lipinski definition) is 4. The van der Waals surface area contributed by atoms with Crippen LogP contribution in [-0.2, 0) is 4.74 Å². The first-order valence-corrected chi connectivity index (χ1v) is 5.47. The van der Waals surface area contributed by atoms with Gasteiger partial charge in [0.25, 0.3) is 0 Å². The molecular formula is C13H13NO4. The average molecular weight is 247 g/mol. The second-order valence-corrected chi connectivity index (χ2v) is 3.66. The number of pyridine rings is 1. The van der Waals surface area contributed by atoms with Crippen molar-refractivity contribution in [1.82, 2.24) is 4.98 Å². The van der Waals surface area contributed by atoms with E-state index in [4.69, 9.17) is 14.6 Å². The number of carboxylic acid groups (broad SMARTS) is 1. The Bertz CT molecular complexity index is 568. The van der Waals surface area contributed by atoms with Crippen molar-refractivity contribution in [2.24, 2.45) is 0 Å². The van der Waals surface area contributed by atoms with E-state index in [-0.39, 0.29) is 5.56 Å². The number of aromatic carboxylic acids is 1. The fraction of sp³-hybridized carbons (Fsp3) is 0.231. The maximum Gasteiger partial charge on any atom is 0.341 e. The number of para-hydroxylation sites is 1. The molecular weight excluding hydrogens is 234 g/mol. The van der Waals surface area contributed by atoms with Crippen LogP contribution < -0.4 is 4.74 Å². The summed E-state index contributed by atoms with van der Waals surface area (Å²) in [5.74, 6) is -0.717. The van der Waals surface area contributed by atoms with Gasteiger partial charge in [0.05, 0.1) is 12.1 Å². The lowest BCUT2D eigenvalue weighted by molar-refractivity contribution is 0.0689. The van der Waals surface area contributed by atoms with Crippen molar-refractivity contribution in [1.29, 1.82) is 0 Å². The third kappa shape index (κ3) is 2.41. The number of ether oxygens (including phenoxy) is 2. The first-order chi connectivity index (χ1) is 8.74. The van der Waals surface area contributed by atoms with E-state index in [0.29, 0.717) is 29.9 Å². The van der Waals surface area contributed by atoms with Crippen LogP contribution in [0.3, 0.4) is 0 Å². The molecule has 2 aromatic rings. The van der Waals surface area contributed by atoms with Gasteiger partial charge in [-0.3, -0.25) is 4.98 Å². The molecule has 0 aliphatic rings. The molecule has 0 radical (unpaired) electrons. The minimum absolute atomic E-state index is 0.0600. The lowest BCUT2D eigenvalue weighted by Crippen LogP contribution is -2.09. The van der Waals surface area contributed by atoms with Crippen LogP contribution in [0.4, 0.5) is 0 Å². The summed E-state index contributed by atoms with van der Waals surface area (Å²) in [6.45, 7) is 0.695. The Balaban J connectivity index is 2.48. The van der Waals surface area contributed by atoms with Crippen LogP contribution >= 0.6 is 0 Å². The molecule has 1 aromatic heterocycles. The number of fused-ring (bicyclic) bond motifs is 1.